The SMILES string of the molecule is Cc1ccc(NC(=O)[C@@H](C)OC(=O)c2ccc(-c3nnco3)cc2)c(C)c1. The van der Waals surface area contributed by atoms with Crippen molar-refractivity contribution >= 4 is 17.6 Å². The van der Waals surface area contributed by atoms with E-state index in [9.17, 15) is 9.59 Å². The lowest BCUT2D eigenvalue weighted by molar-refractivity contribution is -0.123. The van der Waals surface area contributed by atoms with Gasteiger partial charge in [-0.1, -0.05) is 17.7 Å². The molecule has 0 aliphatic heterocycles. The van der Waals surface area contributed by atoms with Gasteiger partial charge in [0.25, 0.3) is 5.91 Å². The summed E-state index contributed by atoms with van der Waals surface area (Å²) < 4.78 is 10.4. The molecule has 0 aliphatic rings. The summed E-state index contributed by atoms with van der Waals surface area (Å²) in [4.78, 5) is 24.6. The average molecular weight is 365 g/mol. The van der Waals surface area contributed by atoms with E-state index in [2.05, 4.69) is 15.5 Å². The molecule has 0 saturated heterocycles. The Morgan fingerprint density at radius 3 is 2.48 bits per heavy atom. The van der Waals surface area contributed by atoms with Gasteiger partial charge in [0.2, 0.25) is 12.3 Å². The van der Waals surface area contributed by atoms with Crippen molar-refractivity contribution in [2.75, 3.05) is 5.32 Å². The first-order valence-corrected chi connectivity index (χ1v) is 8.40. The fourth-order valence-electron chi connectivity index (χ4n) is 2.52. The fourth-order valence-corrected chi connectivity index (χ4v) is 2.52. The van der Waals surface area contributed by atoms with E-state index in [1.165, 1.54) is 13.3 Å². The van der Waals surface area contributed by atoms with E-state index in [1.54, 1.807) is 24.3 Å². The van der Waals surface area contributed by atoms with E-state index in [4.69, 9.17) is 9.15 Å². The Balaban J connectivity index is 1.62. The number of hydrogen-bond acceptors (Lipinski definition) is 6. The number of carbonyl (C=O) groups excluding carboxylic acids is 2. The smallest absolute Gasteiger partial charge is 0.338 e. The summed E-state index contributed by atoms with van der Waals surface area (Å²) in [7, 11) is 0. The van der Waals surface area contributed by atoms with Gasteiger partial charge in [-0.3, -0.25) is 4.79 Å². The van der Waals surface area contributed by atoms with Crippen molar-refractivity contribution in [3.8, 4) is 11.5 Å². The molecule has 1 aromatic heterocycles. The second-order valence-corrected chi connectivity index (χ2v) is 6.18. The summed E-state index contributed by atoms with van der Waals surface area (Å²) in [5, 5.41) is 10.2. The lowest BCUT2D eigenvalue weighted by Gasteiger charge is -2.15. The predicted octanol–water partition coefficient (Wildman–Crippen LogP) is 3.54. The molecule has 0 unspecified atom stereocenters. The van der Waals surface area contributed by atoms with Crippen LogP contribution in [0.15, 0.2) is 53.3 Å². The van der Waals surface area contributed by atoms with Gasteiger partial charge in [-0.25, -0.2) is 4.79 Å². The van der Waals surface area contributed by atoms with E-state index in [-0.39, 0.29) is 0 Å². The van der Waals surface area contributed by atoms with Crippen LogP contribution in [-0.4, -0.2) is 28.2 Å². The third kappa shape index (κ3) is 4.38. The molecule has 7 heteroatoms. The Bertz CT molecular complexity index is 950. The summed E-state index contributed by atoms with van der Waals surface area (Å²) in [6, 6.07) is 12.2. The zero-order valence-electron chi connectivity index (χ0n) is 15.2. The topological polar surface area (TPSA) is 94.3 Å². The minimum absolute atomic E-state index is 0.324. The summed E-state index contributed by atoms with van der Waals surface area (Å²) >= 11 is 0. The van der Waals surface area contributed by atoms with Crippen molar-refractivity contribution in [3.05, 3.63) is 65.5 Å². The number of carbonyl (C=O) groups is 2. The maximum Gasteiger partial charge on any atom is 0.338 e. The van der Waals surface area contributed by atoms with Crippen LogP contribution in [0.1, 0.15) is 28.4 Å². The van der Waals surface area contributed by atoms with Crippen molar-refractivity contribution in [2.45, 2.75) is 26.9 Å². The van der Waals surface area contributed by atoms with Crippen LogP contribution in [0.5, 0.6) is 0 Å². The zero-order chi connectivity index (χ0) is 19.4. The number of rotatable bonds is 5. The summed E-state index contributed by atoms with van der Waals surface area (Å²) in [6.45, 7) is 5.42. The highest BCUT2D eigenvalue weighted by Gasteiger charge is 2.20. The first-order valence-electron chi connectivity index (χ1n) is 8.40. The van der Waals surface area contributed by atoms with Crippen molar-refractivity contribution in [2.24, 2.45) is 0 Å². The molecule has 3 aromatic rings. The Kier molecular flexibility index (Phi) is 5.30. The molecule has 7 nitrogen and oxygen atoms in total. The lowest BCUT2D eigenvalue weighted by Crippen LogP contribution is -2.30. The first-order chi connectivity index (χ1) is 12.9. The van der Waals surface area contributed by atoms with Crippen LogP contribution in [0, 0.1) is 13.8 Å². The molecule has 2 aromatic carbocycles. The van der Waals surface area contributed by atoms with Gasteiger partial charge in [0.15, 0.2) is 6.10 Å². The Labute approximate surface area is 156 Å². The van der Waals surface area contributed by atoms with Crippen LogP contribution in [0.25, 0.3) is 11.5 Å². The van der Waals surface area contributed by atoms with Crippen LogP contribution in [-0.2, 0) is 9.53 Å². The van der Waals surface area contributed by atoms with Crippen molar-refractivity contribution < 1.29 is 18.7 Å². The molecule has 27 heavy (non-hydrogen) atoms. The van der Waals surface area contributed by atoms with Crippen LogP contribution < -0.4 is 5.32 Å². The number of benzene rings is 2. The molecule has 3 rings (SSSR count). The number of esters is 1. The number of aryl methyl sites for hydroxylation is 2. The average Bonchev–Trinajstić information content (AvgIpc) is 3.18. The van der Waals surface area contributed by atoms with Crippen LogP contribution >= 0.6 is 0 Å². The van der Waals surface area contributed by atoms with E-state index in [0.29, 0.717) is 22.7 Å². The van der Waals surface area contributed by atoms with E-state index >= 15 is 0 Å². The fraction of sp³-hybridized carbons (Fsp3) is 0.200. The molecular weight excluding hydrogens is 346 g/mol. The lowest BCUT2D eigenvalue weighted by atomic mass is 10.1. The second kappa shape index (κ2) is 7.82. The molecule has 0 radical (unpaired) electrons. The van der Waals surface area contributed by atoms with Gasteiger partial charge >= 0.3 is 5.97 Å². The Morgan fingerprint density at radius 2 is 1.85 bits per heavy atom. The third-order valence-electron chi connectivity index (χ3n) is 4.02. The number of nitrogens with one attached hydrogen (secondary N) is 1. The number of ether oxygens (including phenoxy) is 1. The molecule has 1 atom stereocenters. The highest BCUT2D eigenvalue weighted by Crippen LogP contribution is 2.18. The molecule has 1 N–H and O–H groups in total. The number of amides is 1. The molecular formula is C20H19N3O4. The first kappa shape index (κ1) is 18.3. The van der Waals surface area contributed by atoms with Crippen LogP contribution in [0.3, 0.4) is 0 Å². The Morgan fingerprint density at radius 1 is 1.11 bits per heavy atom. The van der Waals surface area contributed by atoms with Gasteiger partial charge in [0.1, 0.15) is 0 Å². The molecule has 0 spiro atoms. The summed E-state index contributed by atoms with van der Waals surface area (Å²) in [5.41, 5.74) is 3.75. The minimum atomic E-state index is -0.936. The van der Waals surface area contributed by atoms with E-state index < -0.39 is 18.0 Å². The maximum atomic E-state index is 12.3. The summed E-state index contributed by atoms with van der Waals surface area (Å²) in [5.74, 6) is -0.621. The molecule has 0 fully saturated rings. The van der Waals surface area contributed by atoms with Gasteiger partial charge in [-0.05, 0) is 56.7 Å². The van der Waals surface area contributed by atoms with Crippen LogP contribution in [0.4, 0.5) is 5.69 Å². The number of anilines is 1. The Hall–Kier alpha value is -3.48. The zero-order valence-corrected chi connectivity index (χ0v) is 15.2. The van der Waals surface area contributed by atoms with E-state index in [1.807, 2.05) is 32.0 Å². The molecule has 0 aliphatic carbocycles. The second-order valence-electron chi connectivity index (χ2n) is 6.18. The highest BCUT2D eigenvalue weighted by atomic mass is 16.5. The molecule has 0 bridgehead atoms. The quantitative estimate of drug-likeness (QED) is 0.695. The van der Waals surface area contributed by atoms with Crippen LogP contribution in [0.2, 0.25) is 0 Å². The maximum absolute atomic E-state index is 12.3. The number of hydrogen-bond donors (Lipinski definition) is 1. The normalized spacial score (nSPS) is 11.7. The molecule has 1 heterocycles. The summed E-state index contributed by atoms with van der Waals surface area (Å²) in [6.07, 6.45) is 0.293. The largest absolute Gasteiger partial charge is 0.449 e. The predicted molar refractivity (Wildman–Crippen MR) is 99.2 cm³/mol. The monoisotopic (exact) mass is 365 g/mol. The van der Waals surface area contributed by atoms with Gasteiger partial charge in [-0.15, -0.1) is 10.2 Å². The number of aromatic nitrogens is 2. The molecule has 0 saturated carbocycles. The van der Waals surface area contributed by atoms with Gasteiger partial charge < -0.3 is 14.5 Å². The van der Waals surface area contributed by atoms with Gasteiger partial charge in [-0.2, -0.15) is 0 Å². The minimum Gasteiger partial charge on any atom is -0.449 e. The van der Waals surface area contributed by atoms with Crippen molar-refractivity contribution in [1.82, 2.24) is 10.2 Å². The number of nitrogens with zero attached hydrogens (tertiary/aromatic N) is 2. The van der Waals surface area contributed by atoms with Gasteiger partial charge in [0, 0.05) is 11.3 Å². The van der Waals surface area contributed by atoms with Gasteiger partial charge in [0.05, 0.1) is 5.56 Å². The standard InChI is InChI=1S/C20H19N3O4/c1-12-4-9-17(13(2)10-12)22-18(24)14(3)27-20(25)16-7-5-15(6-8-16)19-23-21-11-26-19/h4-11,14H,1-3H3,(H,22,24)/t14-/m1/s1. The molecule has 138 valence electrons. The molecule has 1 amide bonds. The van der Waals surface area contributed by atoms with Crippen molar-refractivity contribution in [3.63, 3.8) is 0 Å². The highest BCUT2D eigenvalue weighted by molar-refractivity contribution is 5.97. The van der Waals surface area contributed by atoms with Crippen molar-refractivity contribution in [1.29, 1.82) is 0 Å². The van der Waals surface area contributed by atoms with E-state index in [0.717, 1.165) is 11.1 Å². The third-order valence-corrected chi connectivity index (χ3v) is 4.02.